The predicted octanol–water partition coefficient (Wildman–Crippen LogP) is 12.4. The average molecular weight is 823 g/mol. The van der Waals surface area contributed by atoms with E-state index < -0.39 is 0 Å². The third kappa shape index (κ3) is 9.24. The first-order chi connectivity index (χ1) is 22.4. The number of pyridine rings is 1. The average Bonchev–Trinajstić information content (AvgIpc) is 3.09. The van der Waals surface area contributed by atoms with Crippen molar-refractivity contribution in [1.82, 2.24) is 4.98 Å². The number of hydrogen-bond donors (Lipinski definition) is 1. The first-order valence-corrected chi connectivity index (χ1v) is 18.1. The second-order valence-electron chi connectivity index (χ2n) is 14.9. The molecule has 3 fully saturated rings. The summed E-state index contributed by atoms with van der Waals surface area (Å²) in [5.74, 6) is 4.04. The van der Waals surface area contributed by atoms with Crippen molar-refractivity contribution in [3.8, 4) is 11.3 Å². The summed E-state index contributed by atoms with van der Waals surface area (Å²) >= 11 is 0. The smallest absolute Gasteiger partial charge is 0.162 e. The minimum atomic E-state index is 0. The molecule has 0 aliphatic heterocycles. The zero-order valence-corrected chi connectivity index (χ0v) is 30.9. The molecular formula is C44H56IrNO2-. The van der Waals surface area contributed by atoms with Gasteiger partial charge >= 0.3 is 0 Å². The molecule has 3 aliphatic carbocycles. The minimum absolute atomic E-state index is 0. The van der Waals surface area contributed by atoms with Gasteiger partial charge in [0.15, 0.2) is 5.78 Å². The molecule has 1 radical (unpaired) electrons. The second-order valence-corrected chi connectivity index (χ2v) is 14.9. The monoisotopic (exact) mass is 823 g/mol. The van der Waals surface area contributed by atoms with Crippen LogP contribution in [0.25, 0.3) is 32.8 Å². The summed E-state index contributed by atoms with van der Waals surface area (Å²) < 4.78 is 0. The zero-order chi connectivity index (χ0) is 32.0. The van der Waals surface area contributed by atoms with Gasteiger partial charge < -0.3 is 10.1 Å². The van der Waals surface area contributed by atoms with E-state index in [9.17, 15) is 9.90 Å². The number of nitrogens with zero attached hydrogens (tertiary/aromatic N) is 1. The normalized spacial score (nSPS) is 26.0. The molecule has 0 atom stereocenters. The van der Waals surface area contributed by atoms with E-state index in [0.717, 1.165) is 67.5 Å². The van der Waals surface area contributed by atoms with Crippen LogP contribution in [0.1, 0.15) is 117 Å². The molecule has 1 aromatic heterocycles. The van der Waals surface area contributed by atoms with Gasteiger partial charge in [-0.25, -0.2) is 0 Å². The zero-order valence-electron chi connectivity index (χ0n) is 28.5. The molecule has 0 spiro atoms. The molecule has 3 aromatic carbocycles. The molecule has 3 aliphatic rings. The number of carbonyl (C=O) groups excluding carboxylic acids is 1. The summed E-state index contributed by atoms with van der Waals surface area (Å²) in [5, 5.41) is 15.1. The molecule has 3 nitrogen and oxygen atoms in total. The van der Waals surface area contributed by atoms with Gasteiger partial charge in [-0.3, -0.25) is 4.79 Å². The molecule has 3 saturated carbocycles. The molecule has 48 heavy (non-hydrogen) atoms. The van der Waals surface area contributed by atoms with Gasteiger partial charge in [0.25, 0.3) is 0 Å². The number of aromatic nitrogens is 1. The number of benzene rings is 3. The first-order valence-electron chi connectivity index (χ1n) is 18.1. The van der Waals surface area contributed by atoms with Crippen LogP contribution in [-0.4, -0.2) is 15.9 Å². The van der Waals surface area contributed by atoms with Crippen molar-refractivity contribution in [1.29, 1.82) is 0 Å². The molecule has 4 heteroatoms. The van der Waals surface area contributed by atoms with Crippen molar-refractivity contribution in [2.24, 2.45) is 29.6 Å². The SMILES string of the molecule is C.CC1CCC(C(=O)C=C(O)C2CCC(C)CC2)CC1.CC1CCC(c2ccc3ccnc(-c4[c-]ccc5ccccc45)c3c2)CC1.[Ir]. The van der Waals surface area contributed by atoms with Gasteiger partial charge in [-0.1, -0.05) is 115 Å². The fourth-order valence-electron chi connectivity index (χ4n) is 8.07. The number of carbonyl (C=O) groups is 1. The molecule has 1 N–H and O–H groups in total. The molecule has 0 amide bonds. The van der Waals surface area contributed by atoms with Crippen molar-refractivity contribution in [3.63, 3.8) is 0 Å². The van der Waals surface area contributed by atoms with Gasteiger partial charge in [0.2, 0.25) is 0 Å². The number of hydrogen-bond acceptors (Lipinski definition) is 3. The summed E-state index contributed by atoms with van der Waals surface area (Å²) in [4.78, 5) is 17.0. The van der Waals surface area contributed by atoms with Crippen LogP contribution in [0.2, 0.25) is 0 Å². The second kappa shape index (κ2) is 17.7. The quantitative estimate of drug-likeness (QED) is 0.124. The standard InChI is InChI=1S/C26H24N.C17H28O2.CH4.Ir/c1-18-9-11-19(12-10-18)22-14-13-21-15-16-27-26(25(21)17-22)24-8-4-6-20-5-2-3-7-23(20)24;1-12-3-7-14(8-4-12)16(18)11-17(19)15-9-5-13(2)6-10-15;;/h2-7,13-19H,9-12H2,1H3;11-15,18H,3-10H2,1-2H3;1H4;/q-1;;;. The van der Waals surface area contributed by atoms with Crippen LogP contribution in [0, 0.1) is 35.7 Å². The maximum atomic E-state index is 12.2. The third-order valence-corrected chi connectivity index (χ3v) is 11.4. The van der Waals surface area contributed by atoms with Gasteiger partial charge in [-0.15, -0.1) is 29.1 Å². The summed E-state index contributed by atoms with van der Waals surface area (Å²) in [7, 11) is 0. The Morgan fingerprint density at radius 1 is 0.729 bits per heavy atom. The number of aliphatic hydroxyl groups excluding tert-OH is 1. The van der Waals surface area contributed by atoms with E-state index in [1.54, 1.807) is 6.08 Å². The van der Waals surface area contributed by atoms with Crippen molar-refractivity contribution in [3.05, 3.63) is 90.3 Å². The van der Waals surface area contributed by atoms with Crippen LogP contribution in [0.3, 0.4) is 0 Å². The van der Waals surface area contributed by atoms with E-state index in [2.05, 4.69) is 81.4 Å². The third-order valence-electron chi connectivity index (χ3n) is 11.4. The van der Waals surface area contributed by atoms with Crippen LogP contribution in [0.4, 0.5) is 0 Å². The van der Waals surface area contributed by atoms with Gasteiger partial charge in [0, 0.05) is 44.2 Å². The summed E-state index contributed by atoms with van der Waals surface area (Å²) in [6, 6.07) is 25.3. The number of aliphatic hydroxyl groups is 1. The molecule has 259 valence electrons. The minimum Gasteiger partial charge on any atom is -0.512 e. The Morgan fingerprint density at radius 3 is 1.98 bits per heavy atom. The molecule has 0 bridgehead atoms. The Morgan fingerprint density at radius 2 is 1.31 bits per heavy atom. The van der Waals surface area contributed by atoms with Gasteiger partial charge in [-0.05, 0) is 90.3 Å². The fraction of sp³-hybridized carbons (Fsp3) is 0.500. The maximum Gasteiger partial charge on any atom is 0.162 e. The molecule has 4 aromatic rings. The summed E-state index contributed by atoms with van der Waals surface area (Å²) in [5.41, 5.74) is 3.63. The first kappa shape index (κ1) is 38.0. The van der Waals surface area contributed by atoms with Crippen molar-refractivity contribution >= 4 is 27.3 Å². The van der Waals surface area contributed by atoms with Crippen LogP contribution >= 0.6 is 0 Å². The topological polar surface area (TPSA) is 50.2 Å². The van der Waals surface area contributed by atoms with Crippen LogP contribution in [-0.2, 0) is 24.9 Å². The summed E-state index contributed by atoms with van der Waals surface area (Å²) in [6.45, 7) is 6.91. The van der Waals surface area contributed by atoms with E-state index in [0.29, 0.717) is 11.7 Å². The van der Waals surface area contributed by atoms with Crippen molar-refractivity contribution < 1.29 is 30.0 Å². The van der Waals surface area contributed by atoms with Gasteiger partial charge in [0.1, 0.15) is 0 Å². The largest absolute Gasteiger partial charge is 0.512 e. The predicted molar refractivity (Wildman–Crippen MR) is 199 cm³/mol. The molecule has 1 heterocycles. The Hall–Kier alpha value is -2.81. The van der Waals surface area contributed by atoms with E-state index in [1.807, 2.05) is 12.3 Å². The van der Waals surface area contributed by atoms with Crippen LogP contribution in [0.15, 0.2) is 78.7 Å². The van der Waals surface area contributed by atoms with Crippen LogP contribution in [0.5, 0.6) is 0 Å². The molecule has 7 rings (SSSR count). The maximum absolute atomic E-state index is 12.2. The van der Waals surface area contributed by atoms with E-state index in [-0.39, 0.29) is 45.2 Å². The Bertz CT molecular complexity index is 1650. The number of rotatable bonds is 5. The Kier molecular flexibility index (Phi) is 14.0. The van der Waals surface area contributed by atoms with Crippen molar-refractivity contribution in [2.75, 3.05) is 0 Å². The van der Waals surface area contributed by atoms with Gasteiger partial charge in [-0.2, -0.15) is 0 Å². The Labute approximate surface area is 303 Å². The van der Waals surface area contributed by atoms with Gasteiger partial charge in [0.05, 0.1) is 5.76 Å². The number of allylic oxidation sites excluding steroid dienone is 2. The van der Waals surface area contributed by atoms with Crippen molar-refractivity contribution in [2.45, 2.75) is 111 Å². The van der Waals surface area contributed by atoms with E-state index in [1.165, 1.54) is 65.6 Å². The number of ketones is 1. The number of fused-ring (bicyclic) bond motifs is 2. The fourth-order valence-corrected chi connectivity index (χ4v) is 8.07. The molecule has 0 saturated heterocycles. The van der Waals surface area contributed by atoms with E-state index in [4.69, 9.17) is 4.98 Å². The Balaban J connectivity index is 0.000000221. The molecule has 0 unspecified atom stereocenters. The summed E-state index contributed by atoms with van der Waals surface area (Å²) in [6.07, 6.45) is 17.6. The van der Waals surface area contributed by atoms with E-state index >= 15 is 0 Å². The molecular weight excluding hydrogens is 767 g/mol. The van der Waals surface area contributed by atoms with Crippen LogP contribution < -0.4 is 0 Å².